The van der Waals surface area contributed by atoms with Crippen molar-refractivity contribution < 1.29 is 14.6 Å². The van der Waals surface area contributed by atoms with E-state index in [0.29, 0.717) is 11.3 Å². The molecular formula is C14H14FNO2. The molecule has 0 aliphatic rings. The molecule has 0 spiro atoms. The average molecular weight is 247 g/mol. The number of halogens is 1. The summed E-state index contributed by atoms with van der Waals surface area (Å²) in [7, 11) is 0. The van der Waals surface area contributed by atoms with Crippen LogP contribution in [0.4, 0.5) is 10.1 Å². The predicted octanol–water partition coefficient (Wildman–Crippen LogP) is 2.68. The third-order valence-electron chi connectivity index (χ3n) is 2.66. The zero-order chi connectivity index (χ0) is 13.0. The highest BCUT2D eigenvalue weighted by atomic mass is 19.1. The van der Waals surface area contributed by atoms with Crippen molar-refractivity contribution in [3.63, 3.8) is 0 Å². The lowest BCUT2D eigenvalue weighted by atomic mass is 10.1. The molecule has 0 amide bonds. The van der Waals surface area contributed by atoms with Crippen molar-refractivity contribution in [3.8, 4) is 5.75 Å². The van der Waals surface area contributed by atoms with Gasteiger partial charge in [-0.05, 0) is 29.8 Å². The van der Waals surface area contributed by atoms with Crippen LogP contribution in [-0.2, 0) is 0 Å². The van der Waals surface area contributed by atoms with E-state index in [0.717, 1.165) is 0 Å². The molecule has 94 valence electrons. The molecule has 1 atom stereocenters. The van der Waals surface area contributed by atoms with Gasteiger partial charge in [0.05, 0.1) is 18.3 Å². The first kappa shape index (κ1) is 12.4. The third kappa shape index (κ3) is 2.78. The van der Waals surface area contributed by atoms with E-state index in [2.05, 4.69) is 5.32 Å². The van der Waals surface area contributed by atoms with Crippen molar-refractivity contribution in [2.24, 2.45) is 0 Å². The van der Waals surface area contributed by atoms with Crippen LogP contribution in [0, 0.1) is 5.82 Å². The molecule has 0 fully saturated rings. The van der Waals surface area contributed by atoms with Crippen LogP contribution in [0.1, 0.15) is 11.6 Å². The number of para-hydroxylation sites is 1. The van der Waals surface area contributed by atoms with Crippen molar-refractivity contribution in [2.75, 3.05) is 11.9 Å². The second-order valence-electron chi connectivity index (χ2n) is 3.95. The fraction of sp³-hybridized carbons (Fsp3) is 0.143. The second kappa shape index (κ2) is 5.51. The Morgan fingerprint density at radius 1 is 1.11 bits per heavy atom. The molecule has 0 saturated heterocycles. The Labute approximate surface area is 105 Å². The van der Waals surface area contributed by atoms with E-state index in [-0.39, 0.29) is 18.2 Å². The van der Waals surface area contributed by atoms with Gasteiger partial charge in [0.2, 0.25) is 0 Å². The van der Waals surface area contributed by atoms with Gasteiger partial charge < -0.3 is 15.5 Å². The lowest BCUT2D eigenvalue weighted by Crippen LogP contribution is -2.15. The number of aliphatic hydroxyl groups excluding tert-OH is 1. The quantitative estimate of drug-likeness (QED) is 0.778. The largest absolute Gasteiger partial charge is 0.508 e. The molecule has 4 heteroatoms. The van der Waals surface area contributed by atoms with Crippen LogP contribution in [-0.4, -0.2) is 16.8 Å². The number of benzene rings is 2. The van der Waals surface area contributed by atoms with Crippen LogP contribution in [0.2, 0.25) is 0 Å². The number of hydrogen-bond donors (Lipinski definition) is 3. The predicted molar refractivity (Wildman–Crippen MR) is 68.0 cm³/mol. The van der Waals surface area contributed by atoms with E-state index in [1.54, 1.807) is 36.4 Å². The van der Waals surface area contributed by atoms with Gasteiger partial charge in [0.1, 0.15) is 11.6 Å². The molecule has 0 aliphatic carbocycles. The van der Waals surface area contributed by atoms with Crippen molar-refractivity contribution >= 4 is 5.69 Å². The Balaban J connectivity index is 2.23. The summed E-state index contributed by atoms with van der Waals surface area (Å²) in [4.78, 5) is 0. The maximum absolute atomic E-state index is 13.5. The lowest BCUT2D eigenvalue weighted by Gasteiger charge is -2.18. The fourth-order valence-electron chi connectivity index (χ4n) is 1.74. The van der Waals surface area contributed by atoms with Gasteiger partial charge in [-0.2, -0.15) is 0 Å². The van der Waals surface area contributed by atoms with Crippen LogP contribution in [0.25, 0.3) is 0 Å². The first-order valence-corrected chi connectivity index (χ1v) is 5.61. The summed E-state index contributed by atoms with van der Waals surface area (Å²) in [6.45, 7) is -0.197. The topological polar surface area (TPSA) is 52.5 Å². The van der Waals surface area contributed by atoms with Gasteiger partial charge in [-0.3, -0.25) is 0 Å². The highest BCUT2D eigenvalue weighted by molar-refractivity contribution is 5.47. The van der Waals surface area contributed by atoms with E-state index in [1.165, 1.54) is 12.1 Å². The standard InChI is InChI=1S/C14H14FNO2/c15-12-6-1-2-7-13(12)16-14(9-17)10-4-3-5-11(18)8-10/h1-8,14,16-18H,9H2. The Kier molecular flexibility index (Phi) is 3.79. The number of aliphatic hydroxyl groups is 1. The summed E-state index contributed by atoms with van der Waals surface area (Å²) < 4.78 is 13.5. The number of anilines is 1. The highest BCUT2D eigenvalue weighted by Gasteiger charge is 2.12. The monoisotopic (exact) mass is 247 g/mol. The molecule has 3 N–H and O–H groups in total. The number of aromatic hydroxyl groups is 1. The number of rotatable bonds is 4. The van der Waals surface area contributed by atoms with Gasteiger partial charge in [-0.25, -0.2) is 4.39 Å². The second-order valence-corrected chi connectivity index (χ2v) is 3.95. The molecular weight excluding hydrogens is 233 g/mol. The maximum Gasteiger partial charge on any atom is 0.146 e. The molecule has 0 aromatic heterocycles. The van der Waals surface area contributed by atoms with Crippen molar-refractivity contribution in [1.29, 1.82) is 0 Å². The molecule has 18 heavy (non-hydrogen) atoms. The summed E-state index contributed by atoms with van der Waals surface area (Å²) in [5.41, 5.74) is 1.01. The zero-order valence-electron chi connectivity index (χ0n) is 9.68. The van der Waals surface area contributed by atoms with E-state index >= 15 is 0 Å². The molecule has 0 aliphatic heterocycles. The number of nitrogens with one attached hydrogen (secondary N) is 1. The first-order chi connectivity index (χ1) is 8.70. The molecule has 0 bridgehead atoms. The fourth-order valence-corrected chi connectivity index (χ4v) is 1.74. The number of phenolic OH excluding ortho intramolecular Hbond substituents is 1. The first-order valence-electron chi connectivity index (χ1n) is 5.61. The van der Waals surface area contributed by atoms with Crippen molar-refractivity contribution in [2.45, 2.75) is 6.04 Å². The highest BCUT2D eigenvalue weighted by Crippen LogP contribution is 2.23. The number of phenols is 1. The van der Waals surface area contributed by atoms with Gasteiger partial charge in [-0.15, -0.1) is 0 Å². The van der Waals surface area contributed by atoms with Crippen molar-refractivity contribution in [1.82, 2.24) is 0 Å². The summed E-state index contributed by atoms with van der Waals surface area (Å²) in [5.74, 6) is -0.266. The minimum atomic E-state index is -0.464. The van der Waals surface area contributed by atoms with E-state index in [4.69, 9.17) is 0 Å². The third-order valence-corrected chi connectivity index (χ3v) is 2.66. The van der Waals surface area contributed by atoms with Crippen LogP contribution >= 0.6 is 0 Å². The summed E-state index contributed by atoms with van der Waals surface area (Å²) in [6, 6.07) is 12.3. The molecule has 2 aromatic rings. The average Bonchev–Trinajstić information content (AvgIpc) is 2.38. The van der Waals surface area contributed by atoms with Crippen LogP contribution in [0.5, 0.6) is 5.75 Å². The summed E-state index contributed by atoms with van der Waals surface area (Å²) in [6.07, 6.45) is 0. The normalized spacial score (nSPS) is 12.1. The Morgan fingerprint density at radius 3 is 2.56 bits per heavy atom. The van der Waals surface area contributed by atoms with E-state index in [1.807, 2.05) is 0 Å². The lowest BCUT2D eigenvalue weighted by molar-refractivity contribution is 0.276. The molecule has 1 unspecified atom stereocenters. The smallest absolute Gasteiger partial charge is 0.146 e. The van der Waals surface area contributed by atoms with Crippen molar-refractivity contribution in [3.05, 3.63) is 59.9 Å². The van der Waals surface area contributed by atoms with Crippen LogP contribution in [0.15, 0.2) is 48.5 Å². The van der Waals surface area contributed by atoms with Gasteiger partial charge in [0, 0.05) is 0 Å². The van der Waals surface area contributed by atoms with Crippen LogP contribution in [0.3, 0.4) is 0 Å². The minimum Gasteiger partial charge on any atom is -0.508 e. The van der Waals surface area contributed by atoms with Gasteiger partial charge >= 0.3 is 0 Å². The molecule has 0 saturated carbocycles. The Hall–Kier alpha value is -2.07. The molecule has 0 heterocycles. The molecule has 3 nitrogen and oxygen atoms in total. The van der Waals surface area contributed by atoms with Gasteiger partial charge in [0.25, 0.3) is 0 Å². The Bertz CT molecular complexity index is 531. The molecule has 2 rings (SSSR count). The van der Waals surface area contributed by atoms with Gasteiger partial charge in [0.15, 0.2) is 0 Å². The zero-order valence-corrected chi connectivity index (χ0v) is 9.68. The maximum atomic E-state index is 13.5. The minimum absolute atomic E-state index is 0.112. The molecule has 0 radical (unpaired) electrons. The summed E-state index contributed by atoms with van der Waals surface area (Å²) >= 11 is 0. The molecule has 2 aromatic carbocycles. The van der Waals surface area contributed by atoms with E-state index in [9.17, 15) is 14.6 Å². The summed E-state index contributed by atoms with van der Waals surface area (Å²) in [5, 5.41) is 21.7. The Morgan fingerprint density at radius 2 is 1.89 bits per heavy atom. The van der Waals surface area contributed by atoms with E-state index < -0.39 is 6.04 Å². The number of hydrogen-bond acceptors (Lipinski definition) is 3. The SMILES string of the molecule is OCC(Nc1ccccc1F)c1cccc(O)c1. The van der Waals surface area contributed by atoms with Gasteiger partial charge in [-0.1, -0.05) is 24.3 Å². The van der Waals surface area contributed by atoms with Crippen LogP contribution < -0.4 is 5.32 Å².